The molecule has 0 bridgehead atoms. The number of furan rings is 1. The second-order valence-corrected chi connectivity index (χ2v) is 7.98. The van der Waals surface area contributed by atoms with Crippen LogP contribution in [0.15, 0.2) is 70.3 Å². The maximum Gasteiger partial charge on any atom is 0.225 e. The Morgan fingerprint density at radius 1 is 0.935 bits per heavy atom. The van der Waals surface area contributed by atoms with Crippen molar-refractivity contribution in [3.05, 3.63) is 71.6 Å². The van der Waals surface area contributed by atoms with Gasteiger partial charge in [0.15, 0.2) is 0 Å². The number of methoxy groups -OCH3 is 1. The molecule has 0 saturated carbocycles. The summed E-state index contributed by atoms with van der Waals surface area (Å²) in [7, 11) is 1.74. The molecule has 0 spiro atoms. The fourth-order valence-corrected chi connectivity index (χ4v) is 4.33. The van der Waals surface area contributed by atoms with Crippen molar-refractivity contribution in [2.24, 2.45) is 4.99 Å². The van der Waals surface area contributed by atoms with Gasteiger partial charge in [0.05, 0.1) is 18.0 Å². The average molecular weight is 417 g/mol. The van der Waals surface area contributed by atoms with Crippen LogP contribution in [0.25, 0.3) is 17.3 Å². The van der Waals surface area contributed by atoms with E-state index in [1.165, 1.54) is 5.69 Å². The van der Waals surface area contributed by atoms with Gasteiger partial charge in [0.1, 0.15) is 18.7 Å². The number of piperazine rings is 1. The molecule has 1 aromatic heterocycles. The number of para-hydroxylation sites is 2. The molecule has 0 N–H and O–H groups in total. The zero-order chi connectivity index (χ0) is 21.0. The van der Waals surface area contributed by atoms with Crippen molar-refractivity contribution < 1.29 is 9.15 Å². The highest BCUT2D eigenvalue weighted by atomic mass is 16.5. The Hall–Kier alpha value is -3.25. The van der Waals surface area contributed by atoms with Gasteiger partial charge in [0.2, 0.25) is 5.55 Å². The summed E-state index contributed by atoms with van der Waals surface area (Å²) in [4.78, 5) is 11.9. The summed E-state index contributed by atoms with van der Waals surface area (Å²) in [6, 6.07) is 18.6. The average Bonchev–Trinajstić information content (AvgIpc) is 3.27. The molecule has 2 aliphatic heterocycles. The molecule has 3 aromatic rings. The molecule has 1 saturated heterocycles. The lowest BCUT2D eigenvalue weighted by atomic mass is 10.1. The van der Waals surface area contributed by atoms with Crippen molar-refractivity contribution in [3.63, 3.8) is 0 Å². The van der Waals surface area contributed by atoms with E-state index in [1.54, 1.807) is 7.11 Å². The van der Waals surface area contributed by atoms with Gasteiger partial charge in [-0.1, -0.05) is 42.5 Å². The van der Waals surface area contributed by atoms with E-state index in [-0.39, 0.29) is 0 Å². The molecule has 3 heterocycles. The SMILES string of the molecule is COc1ccccc1N1CCN(CCN2C=c3c(-c4ccccc4)coc3=NC2)CC1. The molecular weight excluding hydrogens is 388 g/mol. The van der Waals surface area contributed by atoms with Gasteiger partial charge in [0.25, 0.3) is 0 Å². The van der Waals surface area contributed by atoms with Crippen LogP contribution in [-0.2, 0) is 0 Å². The lowest BCUT2D eigenvalue weighted by Crippen LogP contribution is -2.48. The van der Waals surface area contributed by atoms with E-state index in [0.29, 0.717) is 6.67 Å². The number of hydrogen-bond acceptors (Lipinski definition) is 6. The monoisotopic (exact) mass is 416 g/mol. The summed E-state index contributed by atoms with van der Waals surface area (Å²) in [5.41, 5.74) is 4.19. The minimum atomic E-state index is 0.649. The predicted molar refractivity (Wildman–Crippen MR) is 123 cm³/mol. The number of benzene rings is 2. The Kier molecular flexibility index (Phi) is 5.63. The van der Waals surface area contributed by atoms with Crippen molar-refractivity contribution in [2.45, 2.75) is 0 Å². The van der Waals surface area contributed by atoms with Crippen LogP contribution in [0.5, 0.6) is 5.75 Å². The maximum atomic E-state index is 5.71. The number of nitrogens with zero attached hydrogens (tertiary/aromatic N) is 4. The van der Waals surface area contributed by atoms with Gasteiger partial charge in [-0.15, -0.1) is 0 Å². The molecule has 1 fully saturated rings. The molecule has 6 nitrogen and oxygen atoms in total. The molecule has 31 heavy (non-hydrogen) atoms. The summed E-state index contributed by atoms with van der Waals surface area (Å²) >= 11 is 0. The third kappa shape index (κ3) is 4.16. The van der Waals surface area contributed by atoms with Crippen molar-refractivity contribution in [1.82, 2.24) is 9.80 Å². The second kappa shape index (κ2) is 8.86. The maximum absolute atomic E-state index is 5.71. The third-order valence-electron chi connectivity index (χ3n) is 6.10. The van der Waals surface area contributed by atoms with Gasteiger partial charge in [-0.3, -0.25) is 4.90 Å². The number of anilines is 1. The highest BCUT2D eigenvalue weighted by Gasteiger charge is 2.20. The molecule has 2 aliphatic rings. The Balaban J connectivity index is 1.20. The summed E-state index contributed by atoms with van der Waals surface area (Å²) < 4.78 is 11.2. The van der Waals surface area contributed by atoms with Gasteiger partial charge in [-0.25, -0.2) is 4.99 Å². The molecule has 160 valence electrons. The molecule has 2 aromatic carbocycles. The molecule has 0 radical (unpaired) electrons. The zero-order valence-electron chi connectivity index (χ0n) is 17.9. The Labute approximate surface area is 182 Å². The van der Waals surface area contributed by atoms with Crippen LogP contribution in [0.1, 0.15) is 0 Å². The first-order valence-electron chi connectivity index (χ1n) is 10.9. The first kappa shape index (κ1) is 19.7. The molecule has 0 amide bonds. The normalized spacial score (nSPS) is 16.4. The molecule has 0 atom stereocenters. The standard InChI is InChI=1S/C25H28N4O2/c1-30-24-10-6-5-9-23(24)29-15-13-27(14-16-29)11-12-28-17-21-22(18-31-25(21)26-19-28)20-7-3-2-4-8-20/h2-10,17-18H,11-16,19H2,1H3. The topological polar surface area (TPSA) is 44.5 Å². The van der Waals surface area contributed by atoms with Crippen LogP contribution >= 0.6 is 0 Å². The van der Waals surface area contributed by atoms with Crippen LogP contribution in [0.4, 0.5) is 5.69 Å². The van der Waals surface area contributed by atoms with Crippen LogP contribution in [0, 0.1) is 0 Å². The minimum Gasteiger partial charge on any atom is -0.495 e. The minimum absolute atomic E-state index is 0.649. The fraction of sp³-hybridized carbons (Fsp3) is 0.320. The van der Waals surface area contributed by atoms with Gasteiger partial charge in [-0.2, -0.15) is 0 Å². The first-order valence-corrected chi connectivity index (χ1v) is 10.9. The van der Waals surface area contributed by atoms with E-state index in [1.807, 2.05) is 24.5 Å². The smallest absolute Gasteiger partial charge is 0.225 e. The van der Waals surface area contributed by atoms with E-state index in [2.05, 4.69) is 62.3 Å². The van der Waals surface area contributed by atoms with E-state index in [0.717, 1.165) is 66.9 Å². The van der Waals surface area contributed by atoms with Crippen LogP contribution in [0.3, 0.4) is 0 Å². The van der Waals surface area contributed by atoms with Crippen LogP contribution in [0.2, 0.25) is 0 Å². The Bertz CT molecular complexity index is 1130. The molecule has 6 heteroatoms. The van der Waals surface area contributed by atoms with Gasteiger partial charge >= 0.3 is 0 Å². The van der Waals surface area contributed by atoms with Gasteiger partial charge in [0, 0.05) is 51.0 Å². The van der Waals surface area contributed by atoms with Crippen molar-refractivity contribution in [1.29, 1.82) is 0 Å². The number of hydrogen-bond donors (Lipinski definition) is 0. The van der Waals surface area contributed by atoms with Gasteiger partial charge < -0.3 is 19.0 Å². The van der Waals surface area contributed by atoms with E-state index < -0.39 is 0 Å². The van der Waals surface area contributed by atoms with Crippen LogP contribution in [-0.4, -0.2) is 62.8 Å². The summed E-state index contributed by atoms with van der Waals surface area (Å²) in [6.07, 6.45) is 4.03. The van der Waals surface area contributed by atoms with Crippen LogP contribution < -0.4 is 20.4 Å². The highest BCUT2D eigenvalue weighted by molar-refractivity contribution is 5.63. The highest BCUT2D eigenvalue weighted by Crippen LogP contribution is 2.28. The lowest BCUT2D eigenvalue weighted by Gasteiger charge is -2.37. The lowest BCUT2D eigenvalue weighted by molar-refractivity contribution is 0.231. The zero-order valence-corrected chi connectivity index (χ0v) is 17.9. The van der Waals surface area contributed by atoms with Crippen molar-refractivity contribution in [2.75, 3.05) is 57.9 Å². The number of rotatable bonds is 6. The predicted octanol–water partition coefficient (Wildman–Crippen LogP) is 2.41. The quantitative estimate of drug-likeness (QED) is 0.618. The molecule has 0 unspecified atom stereocenters. The van der Waals surface area contributed by atoms with Gasteiger partial charge in [-0.05, 0) is 17.7 Å². The number of fused-ring (bicyclic) bond motifs is 1. The van der Waals surface area contributed by atoms with E-state index in [4.69, 9.17) is 9.15 Å². The summed E-state index contributed by atoms with van der Waals surface area (Å²) in [6.45, 7) is 6.76. The van der Waals surface area contributed by atoms with Crippen molar-refractivity contribution in [3.8, 4) is 16.9 Å². The largest absolute Gasteiger partial charge is 0.495 e. The Morgan fingerprint density at radius 2 is 1.71 bits per heavy atom. The first-order chi connectivity index (χ1) is 15.3. The second-order valence-electron chi connectivity index (χ2n) is 7.98. The van der Waals surface area contributed by atoms with E-state index >= 15 is 0 Å². The summed E-state index contributed by atoms with van der Waals surface area (Å²) in [5.74, 6) is 0.950. The van der Waals surface area contributed by atoms with E-state index in [9.17, 15) is 0 Å². The Morgan fingerprint density at radius 3 is 2.52 bits per heavy atom. The molecule has 5 rings (SSSR count). The fourth-order valence-electron chi connectivity index (χ4n) is 4.33. The molecule has 0 aliphatic carbocycles. The molecular formula is C25H28N4O2. The summed E-state index contributed by atoms with van der Waals surface area (Å²) in [5, 5.41) is 1.08. The number of ether oxygens (including phenoxy) is 1. The third-order valence-corrected chi connectivity index (χ3v) is 6.10. The van der Waals surface area contributed by atoms with Crippen molar-refractivity contribution >= 4 is 11.9 Å².